The highest BCUT2D eigenvalue weighted by molar-refractivity contribution is 5.79. The van der Waals surface area contributed by atoms with E-state index >= 15 is 0 Å². The summed E-state index contributed by atoms with van der Waals surface area (Å²) in [6, 6.07) is 1.95. The number of amides is 2. The highest BCUT2D eigenvalue weighted by atomic mass is 16.2. The number of hydrogen-bond acceptors (Lipinski definition) is 4. The molecule has 0 aliphatic carbocycles. The minimum Gasteiger partial charge on any atom is -0.356 e. The second kappa shape index (κ2) is 8.71. The van der Waals surface area contributed by atoms with Crippen LogP contribution in [0.15, 0.2) is 6.07 Å². The van der Waals surface area contributed by atoms with Gasteiger partial charge in [0.2, 0.25) is 11.8 Å². The summed E-state index contributed by atoms with van der Waals surface area (Å²) in [4.78, 5) is 31.0. The summed E-state index contributed by atoms with van der Waals surface area (Å²) in [5, 5.41) is 7.36. The van der Waals surface area contributed by atoms with Crippen LogP contribution >= 0.6 is 0 Å². The van der Waals surface area contributed by atoms with Crippen LogP contribution in [-0.4, -0.2) is 50.9 Å². The van der Waals surface area contributed by atoms with Crippen molar-refractivity contribution in [3.8, 4) is 0 Å². The molecule has 1 N–H and O–H groups in total. The predicted molar refractivity (Wildman–Crippen MR) is 108 cm³/mol. The van der Waals surface area contributed by atoms with Crippen molar-refractivity contribution in [3.05, 3.63) is 28.7 Å². The lowest BCUT2D eigenvalue weighted by atomic mass is 10.00. The molecule has 2 aromatic heterocycles. The Morgan fingerprint density at radius 1 is 1.25 bits per heavy atom. The summed E-state index contributed by atoms with van der Waals surface area (Å²) >= 11 is 0. The van der Waals surface area contributed by atoms with Gasteiger partial charge in [-0.3, -0.25) is 9.59 Å². The molecule has 28 heavy (non-hydrogen) atoms. The van der Waals surface area contributed by atoms with Crippen LogP contribution in [0.4, 0.5) is 0 Å². The van der Waals surface area contributed by atoms with E-state index in [4.69, 9.17) is 0 Å². The molecule has 0 saturated carbocycles. The second-order valence-corrected chi connectivity index (χ2v) is 8.00. The Kier molecular flexibility index (Phi) is 6.31. The van der Waals surface area contributed by atoms with Crippen molar-refractivity contribution in [2.75, 3.05) is 19.6 Å². The largest absolute Gasteiger partial charge is 0.356 e. The molecule has 3 rings (SSSR count). The Labute approximate surface area is 166 Å². The first kappa shape index (κ1) is 20.3. The van der Waals surface area contributed by atoms with E-state index in [1.807, 2.05) is 36.3 Å². The van der Waals surface area contributed by atoms with Crippen molar-refractivity contribution in [2.24, 2.45) is 5.92 Å². The molecule has 0 aromatic carbocycles. The number of likely N-dealkylation sites (tertiary alicyclic amines) is 1. The van der Waals surface area contributed by atoms with Crippen molar-refractivity contribution >= 4 is 17.5 Å². The summed E-state index contributed by atoms with van der Waals surface area (Å²) < 4.78 is 1.84. The third-order valence-corrected chi connectivity index (χ3v) is 5.56. The average Bonchev–Trinajstić information content (AvgIpc) is 3.01. The molecular formula is C21H31N5O2. The monoisotopic (exact) mass is 385 g/mol. The zero-order valence-electron chi connectivity index (χ0n) is 17.4. The normalized spacial score (nSPS) is 17.1. The van der Waals surface area contributed by atoms with Crippen molar-refractivity contribution in [2.45, 2.75) is 59.8 Å². The predicted octanol–water partition coefficient (Wildman–Crippen LogP) is 2.35. The van der Waals surface area contributed by atoms with E-state index in [0.29, 0.717) is 31.7 Å². The lowest BCUT2D eigenvalue weighted by Crippen LogP contribution is -2.40. The van der Waals surface area contributed by atoms with Gasteiger partial charge in [0.15, 0.2) is 5.65 Å². The van der Waals surface area contributed by atoms with Crippen LogP contribution in [0.25, 0.3) is 5.65 Å². The van der Waals surface area contributed by atoms with Gasteiger partial charge in [-0.2, -0.15) is 5.10 Å². The number of rotatable bonds is 6. The molecule has 152 valence electrons. The van der Waals surface area contributed by atoms with Gasteiger partial charge in [-0.05, 0) is 51.5 Å². The van der Waals surface area contributed by atoms with Gasteiger partial charge in [-0.25, -0.2) is 9.50 Å². The van der Waals surface area contributed by atoms with Gasteiger partial charge >= 0.3 is 0 Å². The van der Waals surface area contributed by atoms with Gasteiger partial charge < -0.3 is 10.2 Å². The van der Waals surface area contributed by atoms with E-state index in [9.17, 15) is 9.59 Å². The Morgan fingerprint density at radius 3 is 2.79 bits per heavy atom. The quantitative estimate of drug-likeness (QED) is 0.828. The summed E-state index contributed by atoms with van der Waals surface area (Å²) in [5.74, 6) is 0.681. The lowest BCUT2D eigenvalue weighted by molar-refractivity contribution is -0.132. The fourth-order valence-corrected chi connectivity index (χ4v) is 4.01. The van der Waals surface area contributed by atoms with Gasteiger partial charge in [-0.15, -0.1) is 0 Å². The van der Waals surface area contributed by atoms with E-state index in [1.165, 1.54) is 6.42 Å². The maximum Gasteiger partial charge on any atom is 0.224 e. The highest BCUT2D eigenvalue weighted by Crippen LogP contribution is 2.17. The van der Waals surface area contributed by atoms with Crippen LogP contribution < -0.4 is 5.32 Å². The van der Waals surface area contributed by atoms with Crippen LogP contribution in [0, 0.1) is 26.7 Å². The van der Waals surface area contributed by atoms with Crippen molar-refractivity contribution < 1.29 is 9.59 Å². The van der Waals surface area contributed by atoms with E-state index < -0.39 is 0 Å². The molecular weight excluding hydrogens is 354 g/mol. The average molecular weight is 386 g/mol. The summed E-state index contributed by atoms with van der Waals surface area (Å²) in [7, 11) is 0. The smallest absolute Gasteiger partial charge is 0.224 e. The molecule has 0 bridgehead atoms. The first-order valence-corrected chi connectivity index (χ1v) is 10.2. The van der Waals surface area contributed by atoms with Crippen LogP contribution in [0.1, 0.15) is 55.3 Å². The van der Waals surface area contributed by atoms with Gasteiger partial charge in [0.05, 0.1) is 5.69 Å². The summed E-state index contributed by atoms with van der Waals surface area (Å²) in [5.41, 5.74) is 4.79. The topological polar surface area (TPSA) is 79.6 Å². The van der Waals surface area contributed by atoms with Crippen molar-refractivity contribution in [1.82, 2.24) is 24.8 Å². The minimum atomic E-state index is -0.0321. The first-order chi connectivity index (χ1) is 13.3. The molecule has 1 unspecified atom stereocenters. The standard InChI is InChI=1S/C21H31N5O2/c1-14-6-5-11-25(13-14)21(28)9-10-22-20(27)8-7-18-16(3)23-19-12-15(2)24-26(19)17(18)4/h12,14H,5-11,13H2,1-4H3,(H,22,27). The van der Waals surface area contributed by atoms with Crippen molar-refractivity contribution in [1.29, 1.82) is 0 Å². The number of aryl methyl sites for hydroxylation is 3. The molecule has 2 amide bonds. The number of fused-ring (bicyclic) bond motifs is 1. The molecule has 0 spiro atoms. The molecule has 0 radical (unpaired) electrons. The Morgan fingerprint density at radius 2 is 2.04 bits per heavy atom. The maximum absolute atomic E-state index is 12.3. The molecule has 7 nitrogen and oxygen atoms in total. The Bertz CT molecular complexity index is 873. The molecule has 1 atom stereocenters. The summed E-state index contributed by atoms with van der Waals surface area (Å²) in [6.45, 7) is 10.2. The molecule has 1 fully saturated rings. The van der Waals surface area contributed by atoms with E-state index in [-0.39, 0.29) is 11.8 Å². The molecule has 3 heterocycles. The second-order valence-electron chi connectivity index (χ2n) is 8.00. The molecule has 7 heteroatoms. The number of nitrogens with zero attached hydrogens (tertiary/aromatic N) is 4. The number of carbonyl (C=O) groups excluding carboxylic acids is 2. The Balaban J connectivity index is 1.48. The third-order valence-electron chi connectivity index (χ3n) is 5.56. The van der Waals surface area contributed by atoms with E-state index in [2.05, 4.69) is 22.3 Å². The molecule has 1 saturated heterocycles. The van der Waals surface area contributed by atoms with E-state index in [1.54, 1.807) is 0 Å². The highest BCUT2D eigenvalue weighted by Gasteiger charge is 2.20. The fraction of sp³-hybridized carbons (Fsp3) is 0.619. The zero-order chi connectivity index (χ0) is 20.3. The Hall–Kier alpha value is -2.44. The van der Waals surface area contributed by atoms with Crippen LogP contribution in [0.3, 0.4) is 0 Å². The third kappa shape index (κ3) is 4.69. The lowest BCUT2D eigenvalue weighted by Gasteiger charge is -2.31. The molecule has 2 aromatic rings. The zero-order valence-corrected chi connectivity index (χ0v) is 17.4. The molecule has 1 aliphatic heterocycles. The maximum atomic E-state index is 12.3. The van der Waals surface area contributed by atoms with Gasteiger partial charge in [-0.1, -0.05) is 6.92 Å². The van der Waals surface area contributed by atoms with Gasteiger partial charge in [0.1, 0.15) is 0 Å². The number of piperidine rings is 1. The number of carbonyl (C=O) groups is 2. The van der Waals surface area contributed by atoms with E-state index in [0.717, 1.165) is 47.8 Å². The van der Waals surface area contributed by atoms with Crippen LogP contribution in [-0.2, 0) is 16.0 Å². The summed E-state index contributed by atoms with van der Waals surface area (Å²) in [6.07, 6.45) is 3.63. The van der Waals surface area contributed by atoms with Gasteiger partial charge in [0.25, 0.3) is 0 Å². The number of aromatic nitrogens is 3. The SMILES string of the molecule is Cc1cc2nc(C)c(CCC(=O)NCCC(=O)N3CCCC(C)C3)c(C)n2n1. The van der Waals surface area contributed by atoms with Gasteiger partial charge in [0, 0.05) is 49.9 Å². The van der Waals surface area contributed by atoms with Crippen LogP contribution in [0.5, 0.6) is 0 Å². The number of hydrogen-bond donors (Lipinski definition) is 1. The minimum absolute atomic E-state index is 0.0321. The van der Waals surface area contributed by atoms with Crippen LogP contribution in [0.2, 0.25) is 0 Å². The molecule has 1 aliphatic rings. The fourth-order valence-electron chi connectivity index (χ4n) is 4.01. The first-order valence-electron chi connectivity index (χ1n) is 10.2. The number of nitrogens with one attached hydrogen (secondary N) is 1. The van der Waals surface area contributed by atoms with Crippen molar-refractivity contribution in [3.63, 3.8) is 0 Å².